The zero-order valence-electron chi connectivity index (χ0n) is 53.7. The zero-order chi connectivity index (χ0) is 60.0. The van der Waals surface area contributed by atoms with E-state index < -0.39 is 20.0 Å². The van der Waals surface area contributed by atoms with Crippen LogP contribution >= 0.6 is 7.82 Å². The summed E-state index contributed by atoms with van der Waals surface area (Å²) < 4.78 is 30.7. The predicted octanol–water partition coefficient (Wildman–Crippen LogP) is 21.1. The molecular formula is C72H126N2O7P+. The van der Waals surface area contributed by atoms with Crippen molar-refractivity contribution in [1.29, 1.82) is 0 Å². The second kappa shape index (κ2) is 60.5. The highest BCUT2D eigenvalue weighted by Gasteiger charge is 2.30. The van der Waals surface area contributed by atoms with E-state index in [-0.39, 0.29) is 37.9 Å². The van der Waals surface area contributed by atoms with E-state index in [1.807, 2.05) is 39.4 Å². The molecule has 0 aliphatic carbocycles. The van der Waals surface area contributed by atoms with Crippen LogP contribution in [-0.2, 0) is 27.9 Å². The van der Waals surface area contributed by atoms with Gasteiger partial charge in [0.2, 0.25) is 5.91 Å². The number of amides is 1. The fourth-order valence-electron chi connectivity index (χ4n) is 9.03. The maximum atomic E-state index is 13.5. The number of hydrogen-bond acceptors (Lipinski definition) is 6. The number of quaternary nitrogens is 1. The Kier molecular flexibility index (Phi) is 57.9. The van der Waals surface area contributed by atoms with Gasteiger partial charge in [0.1, 0.15) is 19.3 Å². The highest BCUT2D eigenvalue weighted by Crippen LogP contribution is 2.43. The van der Waals surface area contributed by atoms with Crippen molar-refractivity contribution in [2.75, 3.05) is 40.9 Å². The molecule has 3 unspecified atom stereocenters. The first-order chi connectivity index (χ1) is 39.9. The average Bonchev–Trinajstić information content (AvgIpc) is 3.47. The Hall–Kier alpha value is -3.59. The highest BCUT2D eigenvalue weighted by atomic mass is 31.2. The van der Waals surface area contributed by atoms with Crippen LogP contribution < -0.4 is 5.32 Å². The molecule has 3 atom stereocenters. The van der Waals surface area contributed by atoms with E-state index in [2.05, 4.69) is 129 Å². The van der Waals surface area contributed by atoms with Gasteiger partial charge in [0, 0.05) is 12.8 Å². The number of phosphoric ester groups is 1. The number of likely N-dealkylation sites (N-methyl/N-ethyl adjacent to an activating group) is 1. The van der Waals surface area contributed by atoms with Crippen LogP contribution in [0.1, 0.15) is 271 Å². The monoisotopic (exact) mass is 1160 g/mol. The maximum absolute atomic E-state index is 13.5. The molecule has 0 spiro atoms. The Morgan fingerprint density at radius 1 is 0.439 bits per heavy atom. The van der Waals surface area contributed by atoms with Crippen molar-refractivity contribution in [1.82, 2.24) is 5.32 Å². The number of ether oxygens (including phenoxy) is 1. The highest BCUT2D eigenvalue weighted by molar-refractivity contribution is 7.47. The van der Waals surface area contributed by atoms with Gasteiger partial charge in [-0.2, -0.15) is 0 Å². The maximum Gasteiger partial charge on any atom is 0.472 e. The third kappa shape index (κ3) is 61.0. The summed E-state index contributed by atoms with van der Waals surface area (Å²) in [5.41, 5.74) is 0. The number of esters is 1. The van der Waals surface area contributed by atoms with Gasteiger partial charge in [-0.15, -0.1) is 0 Å². The van der Waals surface area contributed by atoms with Gasteiger partial charge in [0.25, 0.3) is 0 Å². The predicted molar refractivity (Wildman–Crippen MR) is 355 cm³/mol. The van der Waals surface area contributed by atoms with E-state index in [9.17, 15) is 19.0 Å². The van der Waals surface area contributed by atoms with Crippen LogP contribution in [-0.4, -0.2) is 74.3 Å². The molecule has 0 aliphatic heterocycles. The molecule has 1 amide bonds. The van der Waals surface area contributed by atoms with Crippen LogP contribution in [0.5, 0.6) is 0 Å². The van der Waals surface area contributed by atoms with Crippen LogP contribution in [0.2, 0.25) is 0 Å². The van der Waals surface area contributed by atoms with Crippen LogP contribution in [0.15, 0.2) is 122 Å². The van der Waals surface area contributed by atoms with Crippen molar-refractivity contribution in [3.63, 3.8) is 0 Å². The van der Waals surface area contributed by atoms with Crippen molar-refractivity contribution in [2.24, 2.45) is 0 Å². The minimum atomic E-state index is -4.48. The molecule has 0 aliphatic rings. The molecule has 9 nitrogen and oxygen atoms in total. The molecule has 82 heavy (non-hydrogen) atoms. The largest absolute Gasteiger partial charge is 0.472 e. The van der Waals surface area contributed by atoms with Crippen LogP contribution in [0.4, 0.5) is 0 Å². The van der Waals surface area contributed by atoms with E-state index in [1.165, 1.54) is 141 Å². The number of carbonyl (C=O) groups excluding carboxylic acids is 2. The lowest BCUT2D eigenvalue weighted by Crippen LogP contribution is -2.47. The molecule has 470 valence electrons. The van der Waals surface area contributed by atoms with Crippen molar-refractivity contribution in [3.8, 4) is 0 Å². The molecular weight excluding hydrogens is 1040 g/mol. The van der Waals surface area contributed by atoms with Gasteiger partial charge < -0.3 is 19.4 Å². The molecule has 0 saturated carbocycles. The van der Waals surface area contributed by atoms with Crippen LogP contribution in [0.3, 0.4) is 0 Å². The third-order valence-corrected chi connectivity index (χ3v) is 15.1. The first-order valence-electron chi connectivity index (χ1n) is 33.4. The number of nitrogens with one attached hydrogen (secondary N) is 1. The summed E-state index contributed by atoms with van der Waals surface area (Å²) in [6.07, 6.45) is 85.1. The topological polar surface area (TPSA) is 111 Å². The Morgan fingerprint density at radius 2 is 0.793 bits per heavy atom. The number of rotatable bonds is 59. The molecule has 2 N–H and O–H groups in total. The summed E-state index contributed by atoms with van der Waals surface area (Å²) in [4.78, 5) is 37.8. The number of unbranched alkanes of at least 4 members (excludes halogenated alkanes) is 25. The molecule has 0 heterocycles. The quantitative estimate of drug-likeness (QED) is 0.0205. The normalized spacial score (nSPS) is 14.4. The van der Waals surface area contributed by atoms with E-state index in [0.717, 1.165) is 89.9 Å². The number of hydrogen-bond donors (Lipinski definition) is 2. The lowest BCUT2D eigenvalue weighted by molar-refractivity contribution is -0.870. The summed E-state index contributed by atoms with van der Waals surface area (Å²) >= 11 is 0. The fourth-order valence-corrected chi connectivity index (χ4v) is 9.76. The molecule has 0 fully saturated rings. The molecule has 0 rings (SSSR count). The zero-order valence-corrected chi connectivity index (χ0v) is 54.6. The lowest BCUT2D eigenvalue weighted by atomic mass is 10.0. The van der Waals surface area contributed by atoms with E-state index >= 15 is 0 Å². The van der Waals surface area contributed by atoms with Crippen molar-refractivity contribution in [2.45, 2.75) is 283 Å². The van der Waals surface area contributed by atoms with Gasteiger partial charge in [-0.3, -0.25) is 18.6 Å². The summed E-state index contributed by atoms with van der Waals surface area (Å²) in [6.45, 7) is 6.81. The van der Waals surface area contributed by atoms with Crippen molar-refractivity contribution < 1.29 is 37.3 Å². The Balaban J connectivity index is 5.23. The van der Waals surface area contributed by atoms with Gasteiger partial charge >= 0.3 is 13.8 Å². The van der Waals surface area contributed by atoms with Crippen LogP contribution in [0, 0.1) is 0 Å². The molecule has 0 saturated heterocycles. The summed E-state index contributed by atoms with van der Waals surface area (Å²) in [7, 11) is 1.44. The first-order valence-corrected chi connectivity index (χ1v) is 34.9. The SMILES string of the molecule is CC/C=C\C/C=C\C/C=C\C/C=C\C/C=C\C/C=C\CCC(=O)NC(COP(=O)(O)OCC[N+](C)(C)C)C(/C=C\CCCCCCCCCCCC)OC(=O)CCCCCCCCCCCCCC/C=C\C/C=C\C/C=C\CCCCC. The summed E-state index contributed by atoms with van der Waals surface area (Å²) in [5, 5.41) is 3.01. The summed E-state index contributed by atoms with van der Waals surface area (Å²) in [5.74, 6) is -0.608. The van der Waals surface area contributed by atoms with Gasteiger partial charge in [0.05, 0.1) is 33.8 Å². The number of carbonyl (C=O) groups is 2. The number of phosphoric acid groups is 1. The standard InChI is InChI=1S/C72H125N2O7P/c1-7-10-13-16-19-22-25-28-30-32-34-35-36-37-38-39-41-43-45-47-50-53-56-59-62-65-72(76)81-70(63-60-57-54-51-48-27-24-21-18-15-12-9-3)69(68-80-82(77,78)79-67-66-74(4,5)6)73-71(75)64-61-58-55-52-49-46-44-42-40-33-31-29-26-23-20-17-14-11-8-2/h11,14,19-20,22-23,28-31,34-35,40,42,46,49,55,58,60,63,69-70H,7-10,12-13,15-18,21,24-27,32-33,36-39,41,43-45,47-48,50-54,56-57,59,61-62,64-68H2,1-6H3,(H-,73,75,77,78)/p+1/b14-11-,22-19-,23-20-,30-28-,31-29-,35-34-,42-40-,49-46-,58-55-,63-60-. The second-order valence-electron chi connectivity index (χ2n) is 23.3. The lowest BCUT2D eigenvalue weighted by Gasteiger charge is -2.27. The Bertz CT molecular complexity index is 1820. The van der Waals surface area contributed by atoms with Gasteiger partial charge in [-0.1, -0.05) is 271 Å². The Labute approximate surface area is 505 Å². The minimum absolute atomic E-state index is 0.0208. The molecule has 0 aromatic heterocycles. The van der Waals surface area contributed by atoms with Crippen molar-refractivity contribution in [3.05, 3.63) is 122 Å². The van der Waals surface area contributed by atoms with E-state index in [4.69, 9.17) is 13.8 Å². The Morgan fingerprint density at radius 3 is 1.22 bits per heavy atom. The molecule has 0 aromatic carbocycles. The average molecular weight is 1160 g/mol. The molecule has 0 bridgehead atoms. The van der Waals surface area contributed by atoms with Gasteiger partial charge in [0.15, 0.2) is 0 Å². The van der Waals surface area contributed by atoms with Gasteiger partial charge in [-0.25, -0.2) is 4.57 Å². The van der Waals surface area contributed by atoms with Crippen LogP contribution in [0.25, 0.3) is 0 Å². The second-order valence-corrected chi connectivity index (χ2v) is 24.7. The third-order valence-electron chi connectivity index (χ3n) is 14.1. The minimum Gasteiger partial charge on any atom is -0.456 e. The van der Waals surface area contributed by atoms with Crippen molar-refractivity contribution >= 4 is 19.7 Å². The van der Waals surface area contributed by atoms with Gasteiger partial charge in [-0.05, 0) is 109 Å². The fraction of sp³-hybridized carbons (Fsp3) is 0.694. The molecule has 0 aromatic rings. The number of allylic oxidation sites excluding steroid dienone is 19. The molecule has 10 heteroatoms. The first kappa shape index (κ1) is 78.4. The smallest absolute Gasteiger partial charge is 0.456 e. The number of nitrogens with zero attached hydrogens (tertiary/aromatic N) is 1. The van der Waals surface area contributed by atoms with E-state index in [0.29, 0.717) is 17.4 Å². The van der Waals surface area contributed by atoms with E-state index in [1.54, 1.807) is 0 Å². The molecule has 0 radical (unpaired) electrons. The summed E-state index contributed by atoms with van der Waals surface area (Å²) in [6, 6.07) is -0.898.